The van der Waals surface area contributed by atoms with Crippen molar-refractivity contribution in [2.75, 3.05) is 24.4 Å². The molecule has 1 aliphatic rings. The van der Waals surface area contributed by atoms with Crippen LogP contribution in [-0.2, 0) is 0 Å². The highest BCUT2D eigenvalue weighted by atomic mass is 16.5. The number of hydrogen-bond acceptors (Lipinski definition) is 7. The summed E-state index contributed by atoms with van der Waals surface area (Å²) in [6.07, 6.45) is 7.55. The molecule has 1 aliphatic carbocycles. The SMILES string of the molecule is COc1c(NN)ncnc1NCC1(O)CCCCCC1. The van der Waals surface area contributed by atoms with Gasteiger partial charge < -0.3 is 20.6 Å². The first-order valence-corrected chi connectivity index (χ1v) is 7.00. The summed E-state index contributed by atoms with van der Waals surface area (Å²) in [7, 11) is 1.53. The van der Waals surface area contributed by atoms with Gasteiger partial charge in [-0.2, -0.15) is 0 Å². The van der Waals surface area contributed by atoms with Crippen molar-refractivity contribution >= 4 is 11.6 Å². The van der Waals surface area contributed by atoms with Crippen molar-refractivity contribution in [3.63, 3.8) is 0 Å². The molecule has 0 amide bonds. The van der Waals surface area contributed by atoms with Crippen molar-refractivity contribution in [1.29, 1.82) is 0 Å². The number of anilines is 2. The molecule has 1 fully saturated rings. The molecule has 0 unspecified atom stereocenters. The maximum absolute atomic E-state index is 10.6. The van der Waals surface area contributed by atoms with Crippen molar-refractivity contribution in [3.05, 3.63) is 6.33 Å². The second-order valence-corrected chi connectivity index (χ2v) is 5.24. The van der Waals surface area contributed by atoms with Gasteiger partial charge in [0, 0.05) is 6.54 Å². The van der Waals surface area contributed by atoms with Crippen LogP contribution in [0.3, 0.4) is 0 Å². The molecule has 20 heavy (non-hydrogen) atoms. The summed E-state index contributed by atoms with van der Waals surface area (Å²) >= 11 is 0. The fraction of sp³-hybridized carbons (Fsp3) is 0.692. The molecule has 7 nitrogen and oxygen atoms in total. The number of nitrogens with zero attached hydrogens (tertiary/aromatic N) is 2. The lowest BCUT2D eigenvalue weighted by Crippen LogP contribution is -2.36. The van der Waals surface area contributed by atoms with Crippen LogP contribution in [0.15, 0.2) is 6.33 Å². The zero-order valence-corrected chi connectivity index (χ0v) is 11.9. The topological polar surface area (TPSA) is 105 Å². The van der Waals surface area contributed by atoms with E-state index >= 15 is 0 Å². The van der Waals surface area contributed by atoms with Gasteiger partial charge in [-0.1, -0.05) is 25.7 Å². The van der Waals surface area contributed by atoms with Crippen molar-refractivity contribution in [2.45, 2.75) is 44.1 Å². The first-order chi connectivity index (χ1) is 9.68. The van der Waals surface area contributed by atoms with Gasteiger partial charge in [-0.15, -0.1) is 0 Å². The average Bonchev–Trinajstić information content (AvgIpc) is 2.69. The van der Waals surface area contributed by atoms with Gasteiger partial charge in [0.05, 0.1) is 12.7 Å². The molecule has 0 aliphatic heterocycles. The van der Waals surface area contributed by atoms with Gasteiger partial charge in [0.1, 0.15) is 6.33 Å². The molecule has 5 N–H and O–H groups in total. The molecule has 1 aromatic rings. The first-order valence-electron chi connectivity index (χ1n) is 7.00. The lowest BCUT2D eigenvalue weighted by molar-refractivity contribution is 0.0380. The summed E-state index contributed by atoms with van der Waals surface area (Å²) in [5, 5.41) is 13.8. The van der Waals surface area contributed by atoms with Crippen LogP contribution in [0.25, 0.3) is 0 Å². The van der Waals surface area contributed by atoms with E-state index in [-0.39, 0.29) is 0 Å². The highest BCUT2D eigenvalue weighted by Crippen LogP contribution is 2.31. The Balaban J connectivity index is 2.06. The van der Waals surface area contributed by atoms with E-state index < -0.39 is 5.60 Å². The van der Waals surface area contributed by atoms with Crippen LogP contribution >= 0.6 is 0 Å². The normalized spacial score (nSPS) is 18.1. The predicted molar refractivity (Wildman–Crippen MR) is 77.5 cm³/mol. The van der Waals surface area contributed by atoms with Gasteiger partial charge >= 0.3 is 0 Å². The Hall–Kier alpha value is -1.60. The number of hydrogen-bond donors (Lipinski definition) is 4. The Bertz CT molecular complexity index is 433. The lowest BCUT2D eigenvalue weighted by Gasteiger charge is -2.27. The van der Waals surface area contributed by atoms with Crippen LogP contribution in [0.2, 0.25) is 0 Å². The predicted octanol–water partition coefficient (Wildman–Crippen LogP) is 1.27. The molecule has 0 bridgehead atoms. The van der Waals surface area contributed by atoms with Gasteiger partial charge in [-0.05, 0) is 12.8 Å². The fourth-order valence-electron chi connectivity index (χ4n) is 2.61. The molecule has 0 radical (unpaired) electrons. The van der Waals surface area contributed by atoms with Crippen LogP contribution in [0.4, 0.5) is 11.6 Å². The Morgan fingerprint density at radius 2 is 1.90 bits per heavy atom. The maximum atomic E-state index is 10.6. The highest BCUT2D eigenvalue weighted by Gasteiger charge is 2.28. The molecule has 2 rings (SSSR count). The average molecular weight is 281 g/mol. The van der Waals surface area contributed by atoms with Crippen LogP contribution in [-0.4, -0.2) is 34.3 Å². The van der Waals surface area contributed by atoms with E-state index in [2.05, 4.69) is 20.7 Å². The number of aromatic nitrogens is 2. The number of nitrogens with two attached hydrogens (primary N) is 1. The van der Waals surface area contributed by atoms with Crippen molar-refractivity contribution in [2.24, 2.45) is 5.84 Å². The summed E-state index contributed by atoms with van der Waals surface area (Å²) < 4.78 is 5.25. The minimum Gasteiger partial charge on any atom is -0.490 e. The number of nitrogen functional groups attached to an aromatic ring is 1. The van der Waals surface area contributed by atoms with Crippen LogP contribution in [0, 0.1) is 0 Å². The standard InChI is InChI=1S/C13H23N5O2/c1-20-10-11(16-9-17-12(10)18-14)15-8-13(19)6-4-2-3-5-7-13/h9,19H,2-8,14H2,1H3,(H2,15,16,17,18). The number of nitrogens with one attached hydrogen (secondary N) is 2. The summed E-state index contributed by atoms with van der Waals surface area (Å²) in [6.45, 7) is 0.449. The van der Waals surface area contributed by atoms with Gasteiger partial charge in [-0.25, -0.2) is 15.8 Å². The minimum atomic E-state index is -0.678. The number of ether oxygens (including phenoxy) is 1. The Labute approximate surface area is 118 Å². The third kappa shape index (κ3) is 3.49. The second-order valence-electron chi connectivity index (χ2n) is 5.24. The summed E-state index contributed by atoms with van der Waals surface area (Å²) in [5.41, 5.74) is 1.79. The molecule has 1 saturated carbocycles. The molecule has 0 aromatic carbocycles. The molecule has 0 atom stereocenters. The van der Waals surface area contributed by atoms with E-state index in [1.54, 1.807) is 0 Å². The van der Waals surface area contributed by atoms with Gasteiger partial charge in [-0.3, -0.25) is 0 Å². The zero-order chi connectivity index (χ0) is 14.4. The quantitative estimate of drug-likeness (QED) is 0.366. The van der Waals surface area contributed by atoms with E-state index in [9.17, 15) is 5.11 Å². The fourth-order valence-corrected chi connectivity index (χ4v) is 2.61. The van der Waals surface area contributed by atoms with E-state index in [0.29, 0.717) is 23.9 Å². The lowest BCUT2D eigenvalue weighted by atomic mass is 9.94. The van der Waals surface area contributed by atoms with E-state index in [0.717, 1.165) is 25.7 Å². The monoisotopic (exact) mass is 281 g/mol. The molecule has 1 aromatic heterocycles. The largest absolute Gasteiger partial charge is 0.490 e. The zero-order valence-electron chi connectivity index (χ0n) is 11.9. The summed E-state index contributed by atoms with van der Waals surface area (Å²) in [4.78, 5) is 8.12. The molecule has 112 valence electrons. The highest BCUT2D eigenvalue weighted by molar-refractivity contribution is 5.63. The van der Waals surface area contributed by atoms with Crippen LogP contribution < -0.4 is 21.3 Å². The Morgan fingerprint density at radius 3 is 2.50 bits per heavy atom. The second kappa shape index (κ2) is 6.71. The van der Waals surface area contributed by atoms with Gasteiger partial charge in [0.15, 0.2) is 11.6 Å². The number of rotatable bonds is 5. The Kier molecular flexibility index (Phi) is 4.97. The van der Waals surface area contributed by atoms with Crippen LogP contribution in [0.1, 0.15) is 38.5 Å². The number of hydrazine groups is 1. The third-order valence-corrected chi connectivity index (χ3v) is 3.76. The summed E-state index contributed by atoms with van der Waals surface area (Å²) in [6, 6.07) is 0. The molecule has 1 heterocycles. The van der Waals surface area contributed by atoms with Crippen LogP contribution in [0.5, 0.6) is 5.75 Å². The minimum absolute atomic E-state index is 0.415. The van der Waals surface area contributed by atoms with Crippen molar-refractivity contribution in [1.82, 2.24) is 9.97 Å². The van der Waals surface area contributed by atoms with Gasteiger partial charge in [0.25, 0.3) is 0 Å². The maximum Gasteiger partial charge on any atom is 0.205 e. The van der Waals surface area contributed by atoms with E-state index in [1.807, 2.05) is 0 Å². The molecular weight excluding hydrogens is 258 g/mol. The third-order valence-electron chi connectivity index (χ3n) is 3.76. The number of methoxy groups -OCH3 is 1. The van der Waals surface area contributed by atoms with Crippen molar-refractivity contribution < 1.29 is 9.84 Å². The first kappa shape index (κ1) is 14.8. The molecular formula is C13H23N5O2. The molecule has 0 saturated heterocycles. The summed E-state index contributed by atoms with van der Waals surface area (Å²) in [5.74, 6) is 6.78. The smallest absolute Gasteiger partial charge is 0.205 e. The van der Waals surface area contributed by atoms with E-state index in [4.69, 9.17) is 10.6 Å². The van der Waals surface area contributed by atoms with E-state index in [1.165, 1.54) is 26.3 Å². The molecule has 7 heteroatoms. The Morgan fingerprint density at radius 1 is 1.25 bits per heavy atom. The van der Waals surface area contributed by atoms with Crippen molar-refractivity contribution in [3.8, 4) is 5.75 Å². The van der Waals surface area contributed by atoms with Gasteiger partial charge in [0.2, 0.25) is 5.75 Å². The number of aliphatic hydroxyl groups is 1. The molecule has 0 spiro atoms.